The molecule has 1 atom stereocenters. The first-order chi connectivity index (χ1) is 9.26. The number of unbranched alkanes of at least 4 members (excludes halogenated alkanes) is 1. The Balaban J connectivity index is 2.20. The van der Waals surface area contributed by atoms with Gasteiger partial charge in [0, 0.05) is 11.4 Å². The third-order valence-corrected chi connectivity index (χ3v) is 4.26. The Hall–Kier alpha value is -0.960. The zero-order valence-electron chi connectivity index (χ0n) is 12.0. The monoisotopic (exact) mass is 279 g/mol. The average Bonchev–Trinajstić information content (AvgIpc) is 2.46. The van der Waals surface area contributed by atoms with Gasteiger partial charge in [-0.25, -0.2) is 0 Å². The molecule has 1 amide bonds. The molecule has 0 aliphatic heterocycles. The van der Waals surface area contributed by atoms with Crippen LogP contribution in [0.5, 0.6) is 0 Å². The van der Waals surface area contributed by atoms with Crippen molar-refractivity contribution < 1.29 is 4.79 Å². The van der Waals surface area contributed by atoms with Crippen LogP contribution in [0.3, 0.4) is 0 Å². The maximum Gasteiger partial charge on any atom is 0.230 e. The van der Waals surface area contributed by atoms with E-state index >= 15 is 0 Å². The van der Waals surface area contributed by atoms with Crippen LogP contribution in [-0.2, 0) is 4.79 Å². The first-order valence-corrected chi connectivity index (χ1v) is 8.19. The van der Waals surface area contributed by atoms with Gasteiger partial charge in [0.1, 0.15) is 0 Å². The molecule has 1 aromatic carbocycles. The average molecular weight is 279 g/mol. The van der Waals surface area contributed by atoms with E-state index in [2.05, 4.69) is 19.2 Å². The molecule has 1 N–H and O–H groups in total. The molecule has 0 radical (unpaired) electrons. The molecular weight excluding hydrogens is 254 g/mol. The second-order valence-electron chi connectivity index (χ2n) is 4.82. The normalized spacial score (nSPS) is 12.1. The van der Waals surface area contributed by atoms with E-state index in [4.69, 9.17) is 0 Å². The lowest BCUT2D eigenvalue weighted by atomic mass is 9.99. The summed E-state index contributed by atoms with van der Waals surface area (Å²) >= 11 is 1.59. The largest absolute Gasteiger partial charge is 0.355 e. The molecule has 0 aliphatic carbocycles. The Morgan fingerprint density at radius 2 is 2.00 bits per heavy atom. The summed E-state index contributed by atoms with van der Waals surface area (Å²) in [6.45, 7) is 5.23. The molecule has 1 rings (SSSR count). The van der Waals surface area contributed by atoms with Crippen LogP contribution in [0.15, 0.2) is 35.2 Å². The summed E-state index contributed by atoms with van der Waals surface area (Å²) < 4.78 is 0. The van der Waals surface area contributed by atoms with E-state index in [9.17, 15) is 4.79 Å². The predicted molar refractivity (Wildman–Crippen MR) is 83.5 cm³/mol. The number of rotatable bonds is 9. The fourth-order valence-electron chi connectivity index (χ4n) is 1.92. The van der Waals surface area contributed by atoms with E-state index < -0.39 is 0 Å². The van der Waals surface area contributed by atoms with E-state index in [1.807, 2.05) is 30.3 Å². The van der Waals surface area contributed by atoms with Crippen LogP contribution in [0.2, 0.25) is 0 Å². The summed E-state index contributed by atoms with van der Waals surface area (Å²) in [4.78, 5) is 12.9. The second-order valence-corrected chi connectivity index (χ2v) is 5.87. The molecule has 0 bridgehead atoms. The third kappa shape index (κ3) is 7.26. The number of thioether (sulfide) groups is 1. The Labute approximate surface area is 121 Å². The topological polar surface area (TPSA) is 29.1 Å². The van der Waals surface area contributed by atoms with Crippen molar-refractivity contribution in [2.75, 3.05) is 12.3 Å². The second kappa shape index (κ2) is 9.90. The van der Waals surface area contributed by atoms with Gasteiger partial charge < -0.3 is 5.32 Å². The van der Waals surface area contributed by atoms with E-state index in [0.717, 1.165) is 17.9 Å². The highest BCUT2D eigenvalue weighted by atomic mass is 32.2. The molecule has 0 aromatic heterocycles. The van der Waals surface area contributed by atoms with Crippen LogP contribution >= 0.6 is 11.8 Å². The van der Waals surface area contributed by atoms with Crippen molar-refractivity contribution in [1.82, 2.24) is 5.32 Å². The first kappa shape index (κ1) is 16.1. The quantitative estimate of drug-likeness (QED) is 0.689. The summed E-state index contributed by atoms with van der Waals surface area (Å²) in [5, 5.41) is 3.05. The van der Waals surface area contributed by atoms with Crippen LogP contribution in [0.25, 0.3) is 0 Å². The predicted octanol–water partition coefficient (Wildman–Crippen LogP) is 4.11. The molecule has 0 spiro atoms. The van der Waals surface area contributed by atoms with Crippen LogP contribution in [0.4, 0.5) is 0 Å². The van der Waals surface area contributed by atoms with Crippen molar-refractivity contribution in [3.63, 3.8) is 0 Å². The van der Waals surface area contributed by atoms with Crippen LogP contribution < -0.4 is 5.32 Å². The molecule has 19 heavy (non-hydrogen) atoms. The van der Waals surface area contributed by atoms with Gasteiger partial charge in [0.05, 0.1) is 5.75 Å². The lowest BCUT2D eigenvalue weighted by Gasteiger charge is -2.15. The Kier molecular flexibility index (Phi) is 8.39. The van der Waals surface area contributed by atoms with Crippen LogP contribution in [0.1, 0.15) is 39.5 Å². The molecular formula is C16H25NOS. The number of benzene rings is 1. The summed E-state index contributed by atoms with van der Waals surface area (Å²) in [6.07, 6.45) is 4.85. The zero-order chi connectivity index (χ0) is 13.9. The maximum atomic E-state index is 11.8. The van der Waals surface area contributed by atoms with Gasteiger partial charge in [-0.2, -0.15) is 0 Å². The van der Waals surface area contributed by atoms with Crippen molar-refractivity contribution >= 4 is 17.7 Å². The highest BCUT2D eigenvalue weighted by Gasteiger charge is 2.08. The number of carbonyl (C=O) groups is 1. The lowest BCUT2D eigenvalue weighted by molar-refractivity contribution is -0.118. The zero-order valence-corrected chi connectivity index (χ0v) is 12.8. The van der Waals surface area contributed by atoms with Crippen LogP contribution in [0, 0.1) is 5.92 Å². The van der Waals surface area contributed by atoms with Gasteiger partial charge in [-0.05, 0) is 24.5 Å². The summed E-state index contributed by atoms with van der Waals surface area (Å²) in [7, 11) is 0. The van der Waals surface area contributed by atoms with Gasteiger partial charge in [-0.15, -0.1) is 11.8 Å². The molecule has 0 aliphatic rings. The number of amides is 1. The molecule has 0 heterocycles. The molecule has 0 fully saturated rings. The Bertz CT molecular complexity index is 353. The van der Waals surface area contributed by atoms with Crippen molar-refractivity contribution in [3.8, 4) is 0 Å². The maximum absolute atomic E-state index is 11.8. The summed E-state index contributed by atoms with van der Waals surface area (Å²) in [6, 6.07) is 10.1. The van der Waals surface area contributed by atoms with Gasteiger partial charge in [0.25, 0.3) is 0 Å². The van der Waals surface area contributed by atoms with E-state index in [-0.39, 0.29) is 5.91 Å². The number of carbonyl (C=O) groups excluding carboxylic acids is 1. The minimum atomic E-state index is 0.142. The number of hydrogen-bond acceptors (Lipinski definition) is 2. The summed E-state index contributed by atoms with van der Waals surface area (Å²) in [5.41, 5.74) is 0. The Morgan fingerprint density at radius 3 is 2.63 bits per heavy atom. The summed E-state index contributed by atoms with van der Waals surface area (Å²) in [5.74, 6) is 1.28. The smallest absolute Gasteiger partial charge is 0.230 e. The van der Waals surface area contributed by atoms with Gasteiger partial charge in [-0.1, -0.05) is 51.3 Å². The first-order valence-electron chi connectivity index (χ1n) is 7.20. The fourth-order valence-corrected chi connectivity index (χ4v) is 2.67. The molecule has 0 saturated carbocycles. The van der Waals surface area contributed by atoms with Gasteiger partial charge in [-0.3, -0.25) is 4.79 Å². The van der Waals surface area contributed by atoms with Crippen molar-refractivity contribution in [3.05, 3.63) is 30.3 Å². The number of hydrogen-bond donors (Lipinski definition) is 1. The Morgan fingerprint density at radius 1 is 1.26 bits per heavy atom. The molecule has 106 valence electrons. The van der Waals surface area contributed by atoms with Gasteiger partial charge in [0.15, 0.2) is 0 Å². The third-order valence-electron chi connectivity index (χ3n) is 3.24. The van der Waals surface area contributed by atoms with E-state index in [1.165, 1.54) is 19.3 Å². The van der Waals surface area contributed by atoms with Gasteiger partial charge in [0.2, 0.25) is 5.91 Å². The van der Waals surface area contributed by atoms with Crippen molar-refractivity contribution in [2.24, 2.45) is 5.92 Å². The van der Waals surface area contributed by atoms with E-state index in [1.54, 1.807) is 11.8 Å². The highest BCUT2D eigenvalue weighted by Crippen LogP contribution is 2.16. The molecule has 1 aromatic rings. The fraction of sp³-hybridized carbons (Fsp3) is 0.562. The minimum absolute atomic E-state index is 0.142. The van der Waals surface area contributed by atoms with Crippen LogP contribution in [-0.4, -0.2) is 18.2 Å². The van der Waals surface area contributed by atoms with E-state index in [0.29, 0.717) is 11.7 Å². The highest BCUT2D eigenvalue weighted by molar-refractivity contribution is 8.00. The minimum Gasteiger partial charge on any atom is -0.355 e. The lowest BCUT2D eigenvalue weighted by Crippen LogP contribution is -2.30. The number of nitrogens with one attached hydrogen (secondary N) is 1. The molecule has 3 heteroatoms. The molecule has 2 nitrogen and oxygen atoms in total. The SMILES string of the molecule is CCCC[C@@H](CC)CNC(=O)CSc1ccccc1. The van der Waals surface area contributed by atoms with Crippen molar-refractivity contribution in [1.29, 1.82) is 0 Å². The molecule has 0 unspecified atom stereocenters. The van der Waals surface area contributed by atoms with Gasteiger partial charge >= 0.3 is 0 Å². The standard InChI is InChI=1S/C16H25NOS/c1-3-5-9-14(4-2)12-17-16(18)13-19-15-10-7-6-8-11-15/h6-8,10-11,14H,3-5,9,12-13H2,1-2H3,(H,17,18)/t14-/m1/s1. The van der Waals surface area contributed by atoms with Crippen molar-refractivity contribution in [2.45, 2.75) is 44.4 Å². The molecule has 0 saturated heterocycles.